The molecular weight excluding hydrogens is 390 g/mol. The highest BCUT2D eigenvalue weighted by atomic mass is 32.2. The number of nitrogens with zero attached hydrogens (tertiary/aromatic N) is 2. The number of carbonyl (C=O) groups excluding carboxylic acids is 2. The Labute approximate surface area is 171 Å². The highest BCUT2D eigenvalue weighted by molar-refractivity contribution is 7.99. The number of aromatic nitrogens is 1. The molecule has 3 heterocycles. The van der Waals surface area contributed by atoms with Gasteiger partial charge in [0.25, 0.3) is 11.8 Å². The average molecular weight is 410 g/mol. The van der Waals surface area contributed by atoms with Crippen molar-refractivity contribution in [3.05, 3.63) is 70.0 Å². The largest absolute Gasteiger partial charge is 0.347 e. The summed E-state index contributed by atoms with van der Waals surface area (Å²) in [7, 11) is 0. The molecule has 4 rings (SSSR count). The first-order chi connectivity index (χ1) is 13.5. The zero-order chi connectivity index (χ0) is 19.7. The summed E-state index contributed by atoms with van der Waals surface area (Å²) in [5.74, 6) is -0.205. The van der Waals surface area contributed by atoms with Crippen LogP contribution in [0.2, 0.25) is 0 Å². The van der Waals surface area contributed by atoms with Gasteiger partial charge in [0, 0.05) is 27.6 Å². The van der Waals surface area contributed by atoms with Gasteiger partial charge in [-0.05, 0) is 55.6 Å². The Bertz CT molecular complexity index is 1030. The van der Waals surface area contributed by atoms with Gasteiger partial charge in [0.1, 0.15) is 5.03 Å². The number of hydrogen-bond acceptors (Lipinski definition) is 5. The van der Waals surface area contributed by atoms with Crippen LogP contribution in [0.5, 0.6) is 0 Å². The third-order valence-electron chi connectivity index (χ3n) is 4.43. The lowest BCUT2D eigenvalue weighted by atomic mass is 10.1. The lowest BCUT2D eigenvalue weighted by Gasteiger charge is -2.27. The van der Waals surface area contributed by atoms with Gasteiger partial charge < -0.3 is 10.2 Å². The number of rotatable bonds is 4. The fourth-order valence-electron chi connectivity index (χ4n) is 3.11. The van der Waals surface area contributed by atoms with Crippen LogP contribution in [0, 0.1) is 0 Å². The molecule has 5 nitrogen and oxygen atoms in total. The van der Waals surface area contributed by atoms with E-state index < -0.39 is 0 Å². The standard InChI is InChI=1S/C21H19N3O2S2/c1-13(2)24-17-8-7-14(19(25)23-12-15-5-4-10-27-15)11-18(17)28-20-16(21(24)26)6-3-9-22-20/h3-11,13H,12H2,1-2H3,(H,23,25). The first-order valence-corrected chi connectivity index (χ1v) is 10.7. The number of pyridine rings is 1. The molecule has 1 aromatic carbocycles. The fourth-order valence-corrected chi connectivity index (χ4v) is 4.80. The monoisotopic (exact) mass is 409 g/mol. The van der Waals surface area contributed by atoms with Gasteiger partial charge in [0.15, 0.2) is 0 Å². The van der Waals surface area contributed by atoms with E-state index >= 15 is 0 Å². The number of anilines is 1. The lowest BCUT2D eigenvalue weighted by molar-refractivity contribution is 0.0949. The highest BCUT2D eigenvalue weighted by Gasteiger charge is 2.30. The number of fused-ring (bicyclic) bond motifs is 2. The van der Waals surface area contributed by atoms with E-state index in [0.717, 1.165) is 15.5 Å². The SMILES string of the molecule is CC(C)N1C(=O)c2cccnc2Sc2cc(C(=O)NCc3cccs3)ccc21. The molecule has 28 heavy (non-hydrogen) atoms. The first kappa shape index (κ1) is 18.7. The van der Waals surface area contributed by atoms with Crippen LogP contribution < -0.4 is 10.2 Å². The Balaban J connectivity index is 1.68. The molecule has 0 fully saturated rings. The average Bonchev–Trinajstić information content (AvgIpc) is 3.17. The van der Waals surface area contributed by atoms with Crippen LogP contribution in [-0.4, -0.2) is 22.8 Å². The van der Waals surface area contributed by atoms with E-state index in [-0.39, 0.29) is 17.9 Å². The number of nitrogens with one attached hydrogen (secondary N) is 1. The van der Waals surface area contributed by atoms with E-state index in [1.807, 2.05) is 43.5 Å². The van der Waals surface area contributed by atoms with Crippen LogP contribution in [0.15, 0.2) is 64.0 Å². The molecule has 3 aromatic rings. The van der Waals surface area contributed by atoms with Gasteiger partial charge in [-0.15, -0.1) is 11.3 Å². The van der Waals surface area contributed by atoms with Crippen LogP contribution in [0.25, 0.3) is 0 Å². The maximum Gasteiger partial charge on any atom is 0.261 e. The summed E-state index contributed by atoms with van der Waals surface area (Å²) in [4.78, 5) is 33.8. The van der Waals surface area contributed by atoms with Gasteiger partial charge in [-0.2, -0.15) is 0 Å². The molecular formula is C21H19N3O2S2. The molecule has 7 heteroatoms. The maximum absolute atomic E-state index is 13.1. The van der Waals surface area contributed by atoms with Crippen LogP contribution >= 0.6 is 23.1 Å². The molecule has 1 aliphatic heterocycles. The Kier molecular flexibility index (Phi) is 5.19. The second-order valence-corrected chi connectivity index (χ2v) is 8.73. The molecule has 0 spiro atoms. The molecule has 1 N–H and O–H groups in total. The van der Waals surface area contributed by atoms with Crippen molar-refractivity contribution in [3.8, 4) is 0 Å². The predicted octanol–water partition coefficient (Wildman–Crippen LogP) is 4.59. The Hall–Kier alpha value is -2.64. The molecule has 0 aliphatic carbocycles. The van der Waals surface area contributed by atoms with Gasteiger partial charge in [0.2, 0.25) is 0 Å². The van der Waals surface area contributed by atoms with Crippen molar-refractivity contribution in [1.29, 1.82) is 0 Å². The summed E-state index contributed by atoms with van der Waals surface area (Å²) in [6.45, 7) is 4.46. The van der Waals surface area contributed by atoms with Crippen molar-refractivity contribution >= 4 is 40.6 Å². The van der Waals surface area contributed by atoms with E-state index in [2.05, 4.69) is 10.3 Å². The Morgan fingerprint density at radius 3 is 2.82 bits per heavy atom. The zero-order valence-corrected chi connectivity index (χ0v) is 17.1. The normalized spacial score (nSPS) is 13.1. The molecule has 0 bridgehead atoms. The summed E-state index contributed by atoms with van der Waals surface area (Å²) < 4.78 is 0. The molecule has 0 atom stereocenters. The van der Waals surface area contributed by atoms with Gasteiger partial charge in [-0.3, -0.25) is 9.59 Å². The third-order valence-corrected chi connectivity index (χ3v) is 6.37. The van der Waals surface area contributed by atoms with Gasteiger partial charge in [-0.25, -0.2) is 4.98 Å². The summed E-state index contributed by atoms with van der Waals surface area (Å²) >= 11 is 3.03. The molecule has 142 valence electrons. The molecule has 0 saturated heterocycles. The van der Waals surface area contributed by atoms with Crippen LogP contribution in [0.1, 0.15) is 39.4 Å². The molecule has 2 aromatic heterocycles. The minimum Gasteiger partial charge on any atom is -0.347 e. The van der Waals surface area contributed by atoms with E-state index in [9.17, 15) is 9.59 Å². The highest BCUT2D eigenvalue weighted by Crippen LogP contribution is 2.41. The Morgan fingerprint density at radius 2 is 2.07 bits per heavy atom. The first-order valence-electron chi connectivity index (χ1n) is 8.95. The van der Waals surface area contributed by atoms with Crippen molar-refractivity contribution in [3.63, 3.8) is 0 Å². The second-order valence-electron chi connectivity index (χ2n) is 6.67. The summed E-state index contributed by atoms with van der Waals surface area (Å²) in [5, 5.41) is 5.60. The number of amides is 2. The minimum atomic E-state index is -0.135. The van der Waals surface area contributed by atoms with Crippen molar-refractivity contribution in [1.82, 2.24) is 10.3 Å². The van der Waals surface area contributed by atoms with Gasteiger partial charge in [-0.1, -0.05) is 17.8 Å². The molecule has 0 saturated carbocycles. The van der Waals surface area contributed by atoms with Crippen LogP contribution in [-0.2, 0) is 6.54 Å². The van der Waals surface area contributed by atoms with Crippen molar-refractivity contribution in [2.45, 2.75) is 36.4 Å². The summed E-state index contributed by atoms with van der Waals surface area (Å²) in [5.41, 5.74) is 1.96. The molecule has 0 radical (unpaired) electrons. The number of thiophene rings is 1. The quantitative estimate of drug-likeness (QED) is 0.684. The zero-order valence-electron chi connectivity index (χ0n) is 15.5. The number of carbonyl (C=O) groups is 2. The topological polar surface area (TPSA) is 62.3 Å². The van der Waals surface area contributed by atoms with E-state index in [4.69, 9.17) is 0 Å². The van der Waals surface area contributed by atoms with E-state index in [0.29, 0.717) is 22.7 Å². The predicted molar refractivity (Wildman–Crippen MR) is 112 cm³/mol. The number of hydrogen-bond donors (Lipinski definition) is 1. The molecule has 1 aliphatic rings. The third kappa shape index (κ3) is 3.55. The van der Waals surface area contributed by atoms with Gasteiger partial charge in [0.05, 0.1) is 17.8 Å². The van der Waals surface area contributed by atoms with Crippen molar-refractivity contribution in [2.75, 3.05) is 4.90 Å². The lowest BCUT2D eigenvalue weighted by Crippen LogP contribution is -2.37. The van der Waals surface area contributed by atoms with Gasteiger partial charge >= 0.3 is 0 Å². The summed E-state index contributed by atoms with van der Waals surface area (Å²) in [6, 6.07) is 13.0. The van der Waals surface area contributed by atoms with E-state index in [1.54, 1.807) is 40.6 Å². The van der Waals surface area contributed by atoms with Crippen molar-refractivity contribution in [2.24, 2.45) is 0 Å². The minimum absolute atomic E-state index is 0.0171. The summed E-state index contributed by atoms with van der Waals surface area (Å²) in [6.07, 6.45) is 1.68. The van der Waals surface area contributed by atoms with Crippen LogP contribution in [0.4, 0.5) is 5.69 Å². The molecule has 0 unspecified atom stereocenters. The molecule has 2 amide bonds. The fraction of sp³-hybridized carbons (Fsp3) is 0.190. The Morgan fingerprint density at radius 1 is 1.21 bits per heavy atom. The maximum atomic E-state index is 13.1. The smallest absolute Gasteiger partial charge is 0.261 e. The number of benzene rings is 1. The van der Waals surface area contributed by atoms with Crippen molar-refractivity contribution < 1.29 is 9.59 Å². The van der Waals surface area contributed by atoms with E-state index in [1.165, 1.54) is 11.8 Å². The van der Waals surface area contributed by atoms with Crippen LogP contribution in [0.3, 0.4) is 0 Å². The second kappa shape index (κ2) is 7.77.